The molecule has 4 rings (SSSR count). The van der Waals surface area contributed by atoms with Gasteiger partial charge in [-0.1, -0.05) is 30.3 Å². The van der Waals surface area contributed by atoms with Gasteiger partial charge in [-0.25, -0.2) is 0 Å². The number of nitrogens with one attached hydrogen (secondary N) is 1. The lowest BCUT2D eigenvalue weighted by atomic mass is 9.84. The first-order chi connectivity index (χ1) is 14.0. The Morgan fingerprint density at radius 2 is 1.72 bits per heavy atom. The zero-order valence-corrected chi connectivity index (χ0v) is 17.1. The van der Waals surface area contributed by atoms with E-state index in [1.807, 2.05) is 35.2 Å². The van der Waals surface area contributed by atoms with Gasteiger partial charge in [-0.2, -0.15) is 0 Å². The average Bonchev–Trinajstić information content (AvgIpc) is 3.05. The van der Waals surface area contributed by atoms with Gasteiger partial charge in [-0.15, -0.1) is 0 Å². The van der Waals surface area contributed by atoms with Gasteiger partial charge in [0.1, 0.15) is 5.54 Å². The van der Waals surface area contributed by atoms with Crippen LogP contribution in [0.2, 0.25) is 0 Å². The van der Waals surface area contributed by atoms with E-state index in [1.165, 1.54) is 0 Å². The van der Waals surface area contributed by atoms with Gasteiger partial charge in [0, 0.05) is 19.0 Å². The minimum atomic E-state index is -0.810. The molecule has 1 aromatic carbocycles. The summed E-state index contributed by atoms with van der Waals surface area (Å²) in [6, 6.07) is 9.61. The Morgan fingerprint density at radius 1 is 1.07 bits per heavy atom. The molecule has 7 heteroatoms. The number of likely N-dealkylation sites (tertiary alicyclic amines) is 2. The van der Waals surface area contributed by atoms with E-state index in [2.05, 4.69) is 17.3 Å². The van der Waals surface area contributed by atoms with Crippen LogP contribution in [0, 0.1) is 5.92 Å². The largest absolute Gasteiger partial charge is 0.342 e. The SMILES string of the molecule is CN1CCC(C(=O)N2CCC3(CC2)C(=O)NCN3C(=O)Cc2ccccc2)CC1. The summed E-state index contributed by atoms with van der Waals surface area (Å²) < 4.78 is 0. The molecule has 0 aromatic heterocycles. The molecule has 3 heterocycles. The molecule has 0 bridgehead atoms. The maximum absolute atomic E-state index is 13.0. The van der Waals surface area contributed by atoms with Gasteiger partial charge in [0.15, 0.2) is 0 Å². The van der Waals surface area contributed by atoms with Crippen molar-refractivity contribution in [2.75, 3.05) is 39.9 Å². The predicted octanol–water partition coefficient (Wildman–Crippen LogP) is 0.848. The molecule has 3 amide bonds. The number of amides is 3. The van der Waals surface area contributed by atoms with Crippen LogP contribution >= 0.6 is 0 Å². The number of piperidine rings is 2. The summed E-state index contributed by atoms with van der Waals surface area (Å²) in [6.45, 7) is 3.24. The summed E-state index contributed by atoms with van der Waals surface area (Å²) in [6.07, 6.45) is 3.11. The van der Waals surface area contributed by atoms with Crippen molar-refractivity contribution >= 4 is 17.7 Å². The Kier molecular flexibility index (Phi) is 5.58. The molecule has 156 valence electrons. The number of rotatable bonds is 3. The Balaban J connectivity index is 1.40. The molecule has 3 aliphatic heterocycles. The van der Waals surface area contributed by atoms with Crippen molar-refractivity contribution in [2.24, 2.45) is 5.92 Å². The van der Waals surface area contributed by atoms with Crippen LogP contribution < -0.4 is 5.32 Å². The minimum absolute atomic E-state index is 0.0374. The second kappa shape index (κ2) is 8.14. The highest BCUT2D eigenvalue weighted by Crippen LogP contribution is 2.34. The topological polar surface area (TPSA) is 73.0 Å². The molecule has 3 saturated heterocycles. The summed E-state index contributed by atoms with van der Waals surface area (Å²) in [5, 5.41) is 2.87. The number of benzene rings is 1. The quantitative estimate of drug-likeness (QED) is 0.819. The van der Waals surface area contributed by atoms with Crippen molar-refractivity contribution in [3.8, 4) is 0 Å². The number of carbonyl (C=O) groups excluding carboxylic acids is 3. The van der Waals surface area contributed by atoms with E-state index in [0.717, 1.165) is 31.5 Å². The van der Waals surface area contributed by atoms with Crippen LogP contribution in [-0.2, 0) is 20.8 Å². The molecule has 0 radical (unpaired) electrons. The Labute approximate surface area is 172 Å². The standard InChI is InChI=1S/C22H30N4O3/c1-24-11-7-18(8-12-24)20(28)25-13-9-22(10-14-25)21(29)23-16-26(22)19(27)15-17-5-3-2-4-6-17/h2-6,18H,7-16H2,1H3,(H,23,29). The van der Waals surface area contributed by atoms with E-state index < -0.39 is 5.54 Å². The number of hydrogen-bond acceptors (Lipinski definition) is 4. The van der Waals surface area contributed by atoms with Crippen molar-refractivity contribution < 1.29 is 14.4 Å². The van der Waals surface area contributed by atoms with Crippen molar-refractivity contribution in [2.45, 2.75) is 37.6 Å². The van der Waals surface area contributed by atoms with Crippen LogP contribution in [0.1, 0.15) is 31.2 Å². The summed E-state index contributed by atoms with van der Waals surface area (Å²) in [7, 11) is 2.09. The Morgan fingerprint density at radius 3 is 2.38 bits per heavy atom. The zero-order valence-electron chi connectivity index (χ0n) is 17.1. The zero-order chi connectivity index (χ0) is 20.4. The second-order valence-electron chi connectivity index (χ2n) is 8.58. The number of carbonyl (C=O) groups is 3. The lowest BCUT2D eigenvalue weighted by Crippen LogP contribution is -2.59. The first-order valence-electron chi connectivity index (χ1n) is 10.6. The Bertz CT molecular complexity index is 766. The first-order valence-corrected chi connectivity index (χ1v) is 10.6. The number of nitrogens with zero attached hydrogens (tertiary/aromatic N) is 3. The van der Waals surface area contributed by atoms with Crippen molar-refractivity contribution in [3.63, 3.8) is 0 Å². The van der Waals surface area contributed by atoms with E-state index in [0.29, 0.717) is 25.9 Å². The molecule has 29 heavy (non-hydrogen) atoms. The normalized spacial score (nSPS) is 22.7. The second-order valence-corrected chi connectivity index (χ2v) is 8.58. The fourth-order valence-electron chi connectivity index (χ4n) is 4.89. The lowest BCUT2D eigenvalue weighted by molar-refractivity contribution is -0.147. The minimum Gasteiger partial charge on any atom is -0.342 e. The molecule has 1 N–H and O–H groups in total. The molecule has 0 atom stereocenters. The average molecular weight is 399 g/mol. The van der Waals surface area contributed by atoms with Gasteiger partial charge in [0.2, 0.25) is 17.7 Å². The van der Waals surface area contributed by atoms with Gasteiger partial charge in [0.05, 0.1) is 13.1 Å². The molecule has 7 nitrogen and oxygen atoms in total. The van der Waals surface area contributed by atoms with E-state index in [-0.39, 0.29) is 36.7 Å². The van der Waals surface area contributed by atoms with Crippen LogP contribution in [0.4, 0.5) is 0 Å². The molecular formula is C22H30N4O3. The summed E-state index contributed by atoms with van der Waals surface area (Å²) in [4.78, 5) is 44.5. The maximum atomic E-state index is 13.0. The van der Waals surface area contributed by atoms with E-state index in [9.17, 15) is 14.4 Å². The van der Waals surface area contributed by atoms with E-state index in [4.69, 9.17) is 0 Å². The van der Waals surface area contributed by atoms with Crippen LogP contribution in [0.15, 0.2) is 30.3 Å². The van der Waals surface area contributed by atoms with Crippen molar-refractivity contribution in [1.82, 2.24) is 20.0 Å². The highest BCUT2D eigenvalue weighted by Gasteiger charge is 2.52. The molecule has 1 spiro atoms. The van der Waals surface area contributed by atoms with Crippen LogP contribution in [0.25, 0.3) is 0 Å². The predicted molar refractivity (Wildman–Crippen MR) is 109 cm³/mol. The summed E-state index contributed by atoms with van der Waals surface area (Å²) >= 11 is 0. The summed E-state index contributed by atoms with van der Waals surface area (Å²) in [5.74, 6) is 0.192. The molecular weight excluding hydrogens is 368 g/mol. The van der Waals surface area contributed by atoms with Crippen LogP contribution in [-0.4, -0.2) is 77.9 Å². The molecule has 1 aromatic rings. The van der Waals surface area contributed by atoms with Gasteiger partial charge in [0.25, 0.3) is 0 Å². The monoisotopic (exact) mass is 398 g/mol. The van der Waals surface area contributed by atoms with E-state index >= 15 is 0 Å². The van der Waals surface area contributed by atoms with Crippen molar-refractivity contribution in [3.05, 3.63) is 35.9 Å². The molecule has 0 saturated carbocycles. The highest BCUT2D eigenvalue weighted by molar-refractivity contribution is 5.95. The number of hydrogen-bond donors (Lipinski definition) is 1. The smallest absolute Gasteiger partial charge is 0.247 e. The molecule has 3 aliphatic rings. The molecule has 0 aliphatic carbocycles. The van der Waals surface area contributed by atoms with Gasteiger partial charge in [-0.3, -0.25) is 14.4 Å². The lowest BCUT2D eigenvalue weighted by Gasteiger charge is -2.43. The third kappa shape index (κ3) is 3.88. The van der Waals surface area contributed by atoms with Gasteiger partial charge in [-0.05, 0) is 51.4 Å². The first kappa shape index (κ1) is 19.9. The van der Waals surface area contributed by atoms with E-state index in [1.54, 1.807) is 4.90 Å². The third-order valence-electron chi connectivity index (χ3n) is 6.81. The fourth-order valence-corrected chi connectivity index (χ4v) is 4.89. The fraction of sp³-hybridized carbons (Fsp3) is 0.591. The molecule has 3 fully saturated rings. The molecule has 0 unspecified atom stereocenters. The van der Waals surface area contributed by atoms with Crippen LogP contribution in [0.5, 0.6) is 0 Å². The summed E-state index contributed by atoms with van der Waals surface area (Å²) in [5.41, 5.74) is 0.136. The maximum Gasteiger partial charge on any atom is 0.247 e. The van der Waals surface area contributed by atoms with Crippen molar-refractivity contribution in [1.29, 1.82) is 0 Å². The highest BCUT2D eigenvalue weighted by atomic mass is 16.2. The van der Waals surface area contributed by atoms with Gasteiger partial charge < -0.3 is 20.0 Å². The Hall–Kier alpha value is -2.41. The van der Waals surface area contributed by atoms with Crippen LogP contribution in [0.3, 0.4) is 0 Å². The van der Waals surface area contributed by atoms with Gasteiger partial charge >= 0.3 is 0 Å². The third-order valence-corrected chi connectivity index (χ3v) is 6.81.